The molecule has 0 heterocycles. The van der Waals surface area contributed by atoms with Gasteiger partial charge < -0.3 is 4.74 Å². The molecule has 0 radical (unpaired) electrons. The number of nitrogens with zero attached hydrogens (tertiary/aromatic N) is 1. The highest BCUT2D eigenvalue weighted by Crippen LogP contribution is 2.30. The monoisotopic (exact) mass is 329 g/mol. The van der Waals surface area contributed by atoms with Gasteiger partial charge in [-0.3, -0.25) is 4.79 Å². The molecule has 1 aromatic rings. The Morgan fingerprint density at radius 2 is 1.79 bits per heavy atom. The van der Waals surface area contributed by atoms with Crippen LogP contribution in [0.5, 0.6) is 0 Å². The Bertz CT molecular complexity index is 576. The zero-order valence-electron chi connectivity index (χ0n) is 14.8. The van der Waals surface area contributed by atoms with E-state index in [1.54, 1.807) is 6.21 Å². The second-order valence-corrected chi connectivity index (χ2v) is 7.60. The maximum absolute atomic E-state index is 11.6. The summed E-state index contributed by atoms with van der Waals surface area (Å²) in [6.45, 7) is 5.52. The van der Waals surface area contributed by atoms with Gasteiger partial charge in [0.1, 0.15) is 11.9 Å². The fraction of sp³-hybridized carbons (Fsp3) is 0.550. The smallest absolute Gasteiger partial charge is 0.433 e. The van der Waals surface area contributed by atoms with Gasteiger partial charge in [0.25, 0.3) is 0 Å². The van der Waals surface area contributed by atoms with E-state index >= 15 is 0 Å². The number of aldehydes is 1. The zero-order valence-corrected chi connectivity index (χ0v) is 14.8. The van der Waals surface area contributed by atoms with Crippen molar-refractivity contribution in [1.82, 2.24) is 0 Å². The second kappa shape index (κ2) is 8.22. The van der Waals surface area contributed by atoms with E-state index in [1.165, 1.54) is 5.56 Å². The Hall–Kier alpha value is -1.97. The Balaban J connectivity index is 1.76. The maximum Gasteiger partial charge on any atom is 0.433 e. The van der Waals surface area contributed by atoms with Gasteiger partial charge in [0.15, 0.2) is 0 Å². The van der Waals surface area contributed by atoms with Crippen LogP contribution in [0.4, 0.5) is 4.79 Å². The lowest BCUT2D eigenvalue weighted by atomic mass is 9.80. The van der Waals surface area contributed by atoms with Crippen molar-refractivity contribution in [2.75, 3.05) is 0 Å². The van der Waals surface area contributed by atoms with Gasteiger partial charge >= 0.3 is 6.09 Å². The molecule has 0 bridgehead atoms. The van der Waals surface area contributed by atoms with Crippen LogP contribution in [0.1, 0.15) is 62.4 Å². The van der Waals surface area contributed by atoms with Crippen LogP contribution in [-0.4, -0.2) is 24.2 Å². The predicted molar refractivity (Wildman–Crippen MR) is 95.7 cm³/mol. The van der Waals surface area contributed by atoms with Crippen LogP contribution < -0.4 is 0 Å². The van der Waals surface area contributed by atoms with Crippen molar-refractivity contribution >= 4 is 18.6 Å². The average Bonchev–Trinajstić information content (AvgIpc) is 2.53. The molecule has 130 valence electrons. The molecule has 4 nitrogen and oxygen atoms in total. The highest BCUT2D eigenvalue weighted by atomic mass is 16.6. The third-order valence-corrected chi connectivity index (χ3v) is 4.32. The quantitative estimate of drug-likeness (QED) is 0.586. The van der Waals surface area contributed by atoms with Gasteiger partial charge in [-0.05, 0) is 70.3 Å². The first kappa shape index (κ1) is 18.4. The van der Waals surface area contributed by atoms with Gasteiger partial charge in [0, 0.05) is 11.8 Å². The van der Waals surface area contributed by atoms with E-state index in [1.807, 2.05) is 45.0 Å². The number of hydrogen-bond acceptors (Lipinski definition) is 3. The SMILES string of the molecule is CC(C)(C)OC(=O)/N=C/C1CCC(Cc2ccc(C=O)cc2)CC1. The summed E-state index contributed by atoms with van der Waals surface area (Å²) in [7, 11) is 0. The van der Waals surface area contributed by atoms with Crippen LogP contribution in [-0.2, 0) is 11.2 Å². The summed E-state index contributed by atoms with van der Waals surface area (Å²) in [6.07, 6.45) is 7.59. The first-order valence-electron chi connectivity index (χ1n) is 8.67. The fourth-order valence-electron chi connectivity index (χ4n) is 3.06. The minimum absolute atomic E-state index is 0.367. The molecule has 0 N–H and O–H groups in total. The van der Waals surface area contributed by atoms with Crippen molar-refractivity contribution in [2.45, 2.75) is 58.5 Å². The molecule has 24 heavy (non-hydrogen) atoms. The molecule has 2 rings (SSSR count). The standard InChI is InChI=1S/C20H27NO3/c1-20(2,3)24-19(23)21-13-17-8-4-15(5-9-17)12-16-6-10-18(14-22)11-7-16/h6-7,10-11,13-15,17H,4-5,8-9,12H2,1-3H3/b21-13+. The van der Waals surface area contributed by atoms with E-state index in [4.69, 9.17) is 4.74 Å². The lowest BCUT2D eigenvalue weighted by Gasteiger charge is -2.26. The van der Waals surface area contributed by atoms with Crippen molar-refractivity contribution in [3.63, 3.8) is 0 Å². The van der Waals surface area contributed by atoms with Gasteiger partial charge in [-0.25, -0.2) is 4.79 Å². The lowest BCUT2D eigenvalue weighted by molar-refractivity contribution is 0.0604. The Labute approximate surface area is 144 Å². The molecular weight excluding hydrogens is 302 g/mol. The van der Waals surface area contributed by atoms with Crippen molar-refractivity contribution < 1.29 is 14.3 Å². The van der Waals surface area contributed by atoms with Crippen molar-refractivity contribution in [3.05, 3.63) is 35.4 Å². The van der Waals surface area contributed by atoms with Gasteiger partial charge in [-0.15, -0.1) is 0 Å². The first-order chi connectivity index (χ1) is 11.4. The molecule has 0 spiro atoms. The summed E-state index contributed by atoms with van der Waals surface area (Å²) in [5.74, 6) is 1.03. The highest BCUT2D eigenvalue weighted by molar-refractivity contribution is 5.80. The van der Waals surface area contributed by atoms with E-state index in [-0.39, 0.29) is 0 Å². The molecule has 1 aliphatic rings. The van der Waals surface area contributed by atoms with Crippen molar-refractivity contribution in [1.29, 1.82) is 0 Å². The van der Waals surface area contributed by atoms with Crippen LogP contribution in [0, 0.1) is 11.8 Å². The molecule has 0 atom stereocenters. The Kier molecular flexibility index (Phi) is 6.29. The number of rotatable bonds is 4. The Morgan fingerprint density at radius 3 is 2.33 bits per heavy atom. The van der Waals surface area contributed by atoms with E-state index in [2.05, 4.69) is 4.99 Å². The number of aliphatic imine (C=N–C) groups is 1. The maximum atomic E-state index is 11.6. The van der Waals surface area contributed by atoms with Crippen molar-refractivity contribution in [3.8, 4) is 0 Å². The largest absolute Gasteiger partial charge is 0.442 e. The van der Waals surface area contributed by atoms with Crippen LogP contribution in [0.2, 0.25) is 0 Å². The molecule has 1 fully saturated rings. The zero-order chi connectivity index (χ0) is 17.6. The minimum atomic E-state index is -0.500. The molecular formula is C20H27NO3. The summed E-state index contributed by atoms with van der Waals surface area (Å²) < 4.78 is 5.19. The number of hydrogen-bond donors (Lipinski definition) is 0. The molecule has 1 saturated carbocycles. The lowest BCUT2D eigenvalue weighted by Crippen LogP contribution is -2.22. The van der Waals surface area contributed by atoms with Gasteiger partial charge in [0.2, 0.25) is 0 Å². The summed E-state index contributed by atoms with van der Waals surface area (Å²) >= 11 is 0. The first-order valence-corrected chi connectivity index (χ1v) is 8.67. The molecule has 1 aliphatic carbocycles. The third kappa shape index (κ3) is 6.26. The van der Waals surface area contributed by atoms with Gasteiger partial charge in [-0.1, -0.05) is 24.3 Å². The fourth-order valence-corrected chi connectivity index (χ4v) is 3.06. The van der Waals surface area contributed by atoms with Gasteiger partial charge in [0.05, 0.1) is 0 Å². The normalized spacial score (nSPS) is 21.6. The van der Waals surface area contributed by atoms with Crippen LogP contribution >= 0.6 is 0 Å². The molecule has 0 aromatic heterocycles. The molecule has 1 aromatic carbocycles. The molecule has 0 aliphatic heterocycles. The summed E-state index contributed by atoms with van der Waals surface area (Å²) in [5.41, 5.74) is 1.51. The van der Waals surface area contributed by atoms with Gasteiger partial charge in [-0.2, -0.15) is 4.99 Å². The number of ether oxygens (including phenoxy) is 1. The number of carbonyl (C=O) groups is 2. The molecule has 4 heteroatoms. The topological polar surface area (TPSA) is 55.7 Å². The predicted octanol–water partition coefficient (Wildman–Crippen LogP) is 4.85. The minimum Gasteiger partial charge on any atom is -0.442 e. The average molecular weight is 329 g/mol. The van der Waals surface area contributed by atoms with Crippen LogP contribution in [0.3, 0.4) is 0 Å². The molecule has 1 amide bonds. The number of carbonyl (C=O) groups excluding carboxylic acids is 2. The van der Waals surface area contributed by atoms with Crippen molar-refractivity contribution in [2.24, 2.45) is 16.8 Å². The van der Waals surface area contributed by atoms with E-state index < -0.39 is 11.7 Å². The third-order valence-electron chi connectivity index (χ3n) is 4.32. The van der Waals surface area contributed by atoms with Crippen LogP contribution in [0.15, 0.2) is 29.3 Å². The summed E-state index contributed by atoms with van der Waals surface area (Å²) in [4.78, 5) is 26.2. The van der Waals surface area contributed by atoms with Crippen LogP contribution in [0.25, 0.3) is 0 Å². The van der Waals surface area contributed by atoms with E-state index in [0.29, 0.717) is 11.8 Å². The second-order valence-electron chi connectivity index (χ2n) is 7.60. The number of benzene rings is 1. The summed E-state index contributed by atoms with van der Waals surface area (Å²) in [6, 6.07) is 7.84. The molecule has 0 unspecified atom stereocenters. The van der Waals surface area contributed by atoms with E-state index in [9.17, 15) is 9.59 Å². The Morgan fingerprint density at radius 1 is 1.17 bits per heavy atom. The number of amides is 1. The highest BCUT2D eigenvalue weighted by Gasteiger charge is 2.21. The van der Waals surface area contributed by atoms with E-state index in [0.717, 1.165) is 44.0 Å². The molecule has 0 saturated heterocycles. The summed E-state index contributed by atoms with van der Waals surface area (Å²) in [5, 5.41) is 0.